The van der Waals surface area contributed by atoms with Gasteiger partial charge >= 0.3 is 0 Å². The van der Waals surface area contributed by atoms with Gasteiger partial charge in [-0.05, 0) is 61.8 Å². The van der Waals surface area contributed by atoms with E-state index in [4.69, 9.17) is 0 Å². The van der Waals surface area contributed by atoms with E-state index in [0.29, 0.717) is 11.5 Å². The molecule has 0 aromatic rings. The second-order valence-corrected chi connectivity index (χ2v) is 8.29. The Morgan fingerprint density at radius 3 is 2.55 bits per heavy atom. The number of hydrogen-bond acceptors (Lipinski definition) is 2. The van der Waals surface area contributed by atoms with Crippen LogP contribution in [-0.4, -0.2) is 24.0 Å². The minimum atomic E-state index is -0.297. The van der Waals surface area contributed by atoms with Crippen LogP contribution >= 0.6 is 0 Å². The van der Waals surface area contributed by atoms with Crippen LogP contribution in [-0.2, 0) is 4.79 Å². The van der Waals surface area contributed by atoms with Crippen LogP contribution in [0.15, 0.2) is 0 Å². The fourth-order valence-corrected chi connectivity index (χ4v) is 5.39. The zero-order chi connectivity index (χ0) is 14.6. The normalized spacial score (nSPS) is 45.8. The molecular formula is C17H30N2O. The zero-order valence-corrected chi connectivity index (χ0v) is 13.5. The fourth-order valence-electron chi connectivity index (χ4n) is 5.39. The van der Waals surface area contributed by atoms with Crippen LogP contribution in [0.25, 0.3) is 0 Å². The number of carbonyl (C=O) groups is 1. The zero-order valence-electron chi connectivity index (χ0n) is 13.5. The molecule has 3 aliphatic rings. The molecule has 3 rings (SSSR count). The third-order valence-electron chi connectivity index (χ3n) is 6.83. The summed E-state index contributed by atoms with van der Waals surface area (Å²) in [7, 11) is 0. The Balaban J connectivity index is 1.79. The Labute approximate surface area is 123 Å². The maximum atomic E-state index is 12.9. The van der Waals surface area contributed by atoms with Crippen molar-refractivity contribution in [2.24, 2.45) is 16.7 Å². The summed E-state index contributed by atoms with van der Waals surface area (Å²) in [5, 5.41) is 6.94. The first kappa shape index (κ1) is 14.4. The molecule has 1 heterocycles. The molecule has 1 amide bonds. The Bertz CT molecular complexity index is 406. The molecule has 114 valence electrons. The van der Waals surface area contributed by atoms with Crippen molar-refractivity contribution in [3.63, 3.8) is 0 Å². The first-order chi connectivity index (χ1) is 9.34. The minimum absolute atomic E-state index is 0.246. The molecule has 1 aliphatic heterocycles. The standard InChI is InChI=1S/C17H30N2O/c1-5-17(8-6-10-18-17)14(20)19-13-15(2,3)12-7-9-16(13,4)11-12/h12-13,18H,5-11H2,1-4H3,(H,19,20). The molecule has 4 atom stereocenters. The Morgan fingerprint density at radius 1 is 1.30 bits per heavy atom. The van der Waals surface area contributed by atoms with Crippen LogP contribution in [0.3, 0.4) is 0 Å². The van der Waals surface area contributed by atoms with Crippen molar-refractivity contribution >= 4 is 5.91 Å². The van der Waals surface area contributed by atoms with Gasteiger partial charge in [-0.25, -0.2) is 0 Å². The molecule has 3 fully saturated rings. The van der Waals surface area contributed by atoms with Gasteiger partial charge in [-0.1, -0.05) is 27.7 Å². The van der Waals surface area contributed by atoms with Gasteiger partial charge in [-0.3, -0.25) is 4.79 Å². The number of amides is 1. The average Bonchev–Trinajstić information content (AvgIpc) is 3.06. The van der Waals surface area contributed by atoms with Gasteiger partial charge < -0.3 is 10.6 Å². The fraction of sp³-hybridized carbons (Fsp3) is 0.941. The largest absolute Gasteiger partial charge is 0.351 e. The Hall–Kier alpha value is -0.570. The van der Waals surface area contributed by atoms with E-state index in [9.17, 15) is 4.79 Å². The van der Waals surface area contributed by atoms with Crippen molar-refractivity contribution in [1.29, 1.82) is 0 Å². The van der Waals surface area contributed by atoms with E-state index in [0.717, 1.165) is 31.7 Å². The van der Waals surface area contributed by atoms with Gasteiger partial charge in [0.15, 0.2) is 0 Å². The van der Waals surface area contributed by atoms with Gasteiger partial charge in [-0.15, -0.1) is 0 Å². The van der Waals surface area contributed by atoms with Crippen molar-refractivity contribution in [2.75, 3.05) is 6.54 Å². The molecular weight excluding hydrogens is 248 g/mol. The third kappa shape index (κ3) is 1.85. The summed E-state index contributed by atoms with van der Waals surface area (Å²) < 4.78 is 0. The summed E-state index contributed by atoms with van der Waals surface area (Å²) >= 11 is 0. The van der Waals surface area contributed by atoms with E-state index in [2.05, 4.69) is 38.3 Å². The number of hydrogen-bond donors (Lipinski definition) is 2. The lowest BCUT2D eigenvalue weighted by Gasteiger charge is -2.44. The Kier molecular flexibility index (Phi) is 3.20. The Morgan fingerprint density at radius 2 is 2.05 bits per heavy atom. The smallest absolute Gasteiger partial charge is 0.240 e. The SMILES string of the molecule is CCC1(C(=O)NC2C3(C)CCC(C3)C2(C)C)CCCN1. The van der Waals surface area contributed by atoms with Crippen LogP contribution in [0.1, 0.15) is 66.2 Å². The van der Waals surface area contributed by atoms with Crippen molar-refractivity contribution in [3.05, 3.63) is 0 Å². The highest BCUT2D eigenvalue weighted by Gasteiger charge is 2.60. The van der Waals surface area contributed by atoms with E-state index in [1.165, 1.54) is 19.3 Å². The monoisotopic (exact) mass is 278 g/mol. The van der Waals surface area contributed by atoms with Crippen molar-refractivity contribution < 1.29 is 4.79 Å². The summed E-state index contributed by atoms with van der Waals surface area (Å²) in [6.07, 6.45) is 6.91. The second-order valence-electron chi connectivity index (χ2n) is 8.29. The van der Waals surface area contributed by atoms with E-state index in [-0.39, 0.29) is 16.9 Å². The van der Waals surface area contributed by atoms with E-state index in [1.54, 1.807) is 0 Å². The molecule has 2 aliphatic carbocycles. The quantitative estimate of drug-likeness (QED) is 0.833. The van der Waals surface area contributed by atoms with Crippen molar-refractivity contribution in [2.45, 2.75) is 77.8 Å². The van der Waals surface area contributed by atoms with E-state index >= 15 is 0 Å². The lowest BCUT2D eigenvalue weighted by atomic mass is 9.68. The van der Waals surface area contributed by atoms with Gasteiger partial charge in [0.25, 0.3) is 0 Å². The maximum absolute atomic E-state index is 12.9. The van der Waals surface area contributed by atoms with Crippen LogP contribution in [0.5, 0.6) is 0 Å². The van der Waals surface area contributed by atoms with Gasteiger partial charge in [0.2, 0.25) is 5.91 Å². The first-order valence-electron chi connectivity index (χ1n) is 8.40. The number of rotatable bonds is 3. The van der Waals surface area contributed by atoms with E-state index in [1.807, 2.05) is 0 Å². The lowest BCUT2D eigenvalue weighted by Crippen LogP contribution is -2.60. The topological polar surface area (TPSA) is 41.1 Å². The number of fused-ring (bicyclic) bond motifs is 2. The molecule has 3 nitrogen and oxygen atoms in total. The summed E-state index contributed by atoms with van der Waals surface area (Å²) in [5.74, 6) is 1.04. The molecule has 0 aromatic carbocycles. The molecule has 0 aromatic heterocycles. The molecule has 2 bridgehead atoms. The molecule has 0 radical (unpaired) electrons. The third-order valence-corrected chi connectivity index (χ3v) is 6.83. The highest BCUT2D eigenvalue weighted by Crippen LogP contribution is 2.62. The molecule has 0 spiro atoms. The molecule has 2 saturated carbocycles. The second kappa shape index (κ2) is 4.46. The molecule has 1 saturated heterocycles. The summed E-state index contributed by atoms with van der Waals surface area (Å²) in [4.78, 5) is 12.9. The van der Waals surface area contributed by atoms with Gasteiger partial charge in [-0.2, -0.15) is 0 Å². The molecule has 4 unspecified atom stereocenters. The van der Waals surface area contributed by atoms with Crippen LogP contribution in [0.4, 0.5) is 0 Å². The number of carbonyl (C=O) groups excluding carboxylic acids is 1. The van der Waals surface area contributed by atoms with Gasteiger partial charge in [0.1, 0.15) is 0 Å². The lowest BCUT2D eigenvalue weighted by molar-refractivity contribution is -0.130. The first-order valence-corrected chi connectivity index (χ1v) is 8.40. The van der Waals surface area contributed by atoms with Crippen LogP contribution in [0.2, 0.25) is 0 Å². The molecule has 2 N–H and O–H groups in total. The highest BCUT2D eigenvalue weighted by molar-refractivity contribution is 5.87. The predicted octanol–water partition coefficient (Wildman–Crippen LogP) is 2.85. The van der Waals surface area contributed by atoms with Crippen LogP contribution < -0.4 is 10.6 Å². The molecule has 3 heteroatoms. The number of nitrogens with one attached hydrogen (secondary N) is 2. The van der Waals surface area contributed by atoms with Crippen molar-refractivity contribution in [3.8, 4) is 0 Å². The average molecular weight is 278 g/mol. The van der Waals surface area contributed by atoms with Crippen molar-refractivity contribution in [1.82, 2.24) is 10.6 Å². The predicted molar refractivity (Wildman–Crippen MR) is 81.4 cm³/mol. The highest BCUT2D eigenvalue weighted by atomic mass is 16.2. The van der Waals surface area contributed by atoms with Gasteiger partial charge in [0, 0.05) is 6.04 Å². The van der Waals surface area contributed by atoms with Gasteiger partial charge in [0.05, 0.1) is 5.54 Å². The molecule has 20 heavy (non-hydrogen) atoms. The summed E-state index contributed by atoms with van der Waals surface area (Å²) in [6, 6.07) is 0.340. The van der Waals surface area contributed by atoms with E-state index < -0.39 is 0 Å². The summed E-state index contributed by atoms with van der Waals surface area (Å²) in [6.45, 7) is 10.2. The maximum Gasteiger partial charge on any atom is 0.240 e. The summed E-state index contributed by atoms with van der Waals surface area (Å²) in [5.41, 5.74) is 0.266. The minimum Gasteiger partial charge on any atom is -0.351 e. The van der Waals surface area contributed by atoms with Crippen LogP contribution in [0, 0.1) is 16.7 Å².